The van der Waals surface area contributed by atoms with Crippen molar-refractivity contribution >= 4 is 21.5 Å². The minimum absolute atomic E-state index is 0. The minimum Gasteiger partial charge on any atom is -0.399 e. The van der Waals surface area contributed by atoms with Crippen molar-refractivity contribution in [1.82, 2.24) is 4.98 Å². The number of pyridine rings is 1. The Hall–Kier alpha value is -1.08. The van der Waals surface area contributed by atoms with E-state index in [1.807, 2.05) is 0 Å². The Kier molecular flexibility index (Phi) is 5.15. The number of aromatic nitrogens is 1. The number of sulfonamides is 1. The Bertz CT molecular complexity index is 600. The van der Waals surface area contributed by atoms with Gasteiger partial charge in [0.05, 0.1) is 4.90 Å². The van der Waals surface area contributed by atoms with E-state index in [2.05, 4.69) is 9.71 Å². The summed E-state index contributed by atoms with van der Waals surface area (Å²) in [6.45, 7) is 0. The van der Waals surface area contributed by atoms with Crippen LogP contribution >= 0.6 is 0 Å². The van der Waals surface area contributed by atoms with E-state index >= 15 is 0 Å². The molecule has 2 aromatic rings. The van der Waals surface area contributed by atoms with Crippen LogP contribution in [0.25, 0.3) is 0 Å². The molecule has 0 unspecified atom stereocenters. The molecule has 3 N–H and O–H groups in total. The molecule has 0 aliphatic carbocycles. The maximum atomic E-state index is 11.9. The number of nitrogens with zero attached hydrogens (tertiary/aromatic N) is 1. The smallest absolute Gasteiger partial charge is 0.399 e. The predicted octanol–water partition coefficient (Wildman–Crippen LogP) is -1.53. The first-order valence-corrected chi connectivity index (χ1v) is 6.36. The molecule has 0 aliphatic heterocycles. The van der Waals surface area contributed by atoms with Crippen LogP contribution in [-0.2, 0) is 10.0 Å². The van der Waals surface area contributed by atoms with Crippen molar-refractivity contribution < 1.29 is 38.0 Å². The van der Waals surface area contributed by atoms with Gasteiger partial charge in [-0.1, -0.05) is 6.07 Å². The standard InChI is InChI=1S/C11H11N3O2S.Na/c12-9-4-6-10(7-5-9)17(15,16)14-11-3-1-2-8-13-11;/h1-8H,12H2,(H,13,14);/q;+1. The number of nitrogens with two attached hydrogens (primary N) is 1. The van der Waals surface area contributed by atoms with Gasteiger partial charge in [-0.05, 0) is 36.4 Å². The fourth-order valence-electron chi connectivity index (χ4n) is 1.27. The topological polar surface area (TPSA) is 85.1 Å². The van der Waals surface area contributed by atoms with Gasteiger partial charge in [0, 0.05) is 11.9 Å². The largest absolute Gasteiger partial charge is 1.00 e. The maximum Gasteiger partial charge on any atom is 1.00 e. The number of nitrogen functional groups attached to an aromatic ring is 1. The number of benzene rings is 1. The van der Waals surface area contributed by atoms with E-state index in [0.29, 0.717) is 5.69 Å². The van der Waals surface area contributed by atoms with Crippen molar-refractivity contribution in [3.63, 3.8) is 0 Å². The summed E-state index contributed by atoms with van der Waals surface area (Å²) in [7, 11) is -3.60. The summed E-state index contributed by atoms with van der Waals surface area (Å²) in [6.07, 6.45) is 1.51. The summed E-state index contributed by atoms with van der Waals surface area (Å²) >= 11 is 0. The van der Waals surface area contributed by atoms with Crippen molar-refractivity contribution in [2.24, 2.45) is 0 Å². The van der Waals surface area contributed by atoms with Gasteiger partial charge in [0.2, 0.25) is 0 Å². The summed E-state index contributed by atoms with van der Waals surface area (Å²) < 4.78 is 26.2. The summed E-state index contributed by atoms with van der Waals surface area (Å²) in [6, 6.07) is 10.9. The first-order chi connectivity index (χ1) is 8.08. The van der Waals surface area contributed by atoms with Crippen LogP contribution in [0.15, 0.2) is 53.6 Å². The molecule has 0 saturated heterocycles. The summed E-state index contributed by atoms with van der Waals surface area (Å²) in [5, 5.41) is 0. The van der Waals surface area contributed by atoms with Crippen molar-refractivity contribution in [3.05, 3.63) is 48.7 Å². The normalized spacial score (nSPS) is 10.4. The Morgan fingerprint density at radius 3 is 2.28 bits per heavy atom. The third-order valence-electron chi connectivity index (χ3n) is 2.09. The summed E-state index contributed by atoms with van der Waals surface area (Å²) in [5.74, 6) is 0.282. The monoisotopic (exact) mass is 272 g/mol. The molecule has 5 nitrogen and oxygen atoms in total. The van der Waals surface area contributed by atoms with Crippen LogP contribution in [-0.4, -0.2) is 13.4 Å². The molecular weight excluding hydrogens is 261 g/mol. The molecule has 0 saturated carbocycles. The molecule has 7 heteroatoms. The van der Waals surface area contributed by atoms with Gasteiger partial charge < -0.3 is 5.73 Å². The zero-order valence-corrected chi connectivity index (χ0v) is 12.7. The molecule has 0 spiro atoms. The molecule has 0 radical (unpaired) electrons. The second-order valence-corrected chi connectivity index (χ2v) is 5.07. The minimum atomic E-state index is -3.60. The summed E-state index contributed by atoms with van der Waals surface area (Å²) in [4.78, 5) is 4.04. The Labute approximate surface area is 128 Å². The SMILES string of the molecule is Nc1ccc(S(=O)(=O)Nc2ccccn2)cc1.[Na+]. The van der Waals surface area contributed by atoms with E-state index in [1.165, 1.54) is 30.5 Å². The van der Waals surface area contributed by atoms with E-state index in [4.69, 9.17) is 5.73 Å². The van der Waals surface area contributed by atoms with Crippen LogP contribution in [0.5, 0.6) is 0 Å². The summed E-state index contributed by atoms with van der Waals surface area (Å²) in [5.41, 5.74) is 6.01. The predicted molar refractivity (Wildman–Crippen MR) is 65.9 cm³/mol. The molecule has 88 valence electrons. The molecule has 0 amide bonds. The molecule has 1 aromatic carbocycles. The second-order valence-electron chi connectivity index (χ2n) is 3.39. The Morgan fingerprint density at radius 2 is 1.72 bits per heavy atom. The van der Waals surface area contributed by atoms with Crippen LogP contribution in [0.2, 0.25) is 0 Å². The molecular formula is C11H11N3NaO2S+. The Balaban J connectivity index is 0.00000162. The van der Waals surface area contributed by atoms with Crippen LogP contribution in [0.3, 0.4) is 0 Å². The maximum absolute atomic E-state index is 11.9. The van der Waals surface area contributed by atoms with E-state index in [-0.39, 0.29) is 40.3 Å². The van der Waals surface area contributed by atoms with Crippen LogP contribution < -0.4 is 40.0 Å². The fraction of sp³-hybridized carbons (Fsp3) is 0. The van der Waals surface area contributed by atoms with Gasteiger partial charge in [-0.2, -0.15) is 0 Å². The van der Waals surface area contributed by atoms with Crippen LogP contribution in [0.1, 0.15) is 0 Å². The third-order valence-corrected chi connectivity index (χ3v) is 3.46. The van der Waals surface area contributed by atoms with Gasteiger partial charge in [-0.15, -0.1) is 0 Å². The second kappa shape index (κ2) is 6.19. The first-order valence-electron chi connectivity index (χ1n) is 4.87. The van der Waals surface area contributed by atoms with E-state index < -0.39 is 10.0 Å². The molecule has 1 aromatic heterocycles. The average molecular weight is 272 g/mol. The van der Waals surface area contributed by atoms with Crippen molar-refractivity contribution in [3.8, 4) is 0 Å². The molecule has 0 atom stereocenters. The molecule has 1 heterocycles. The zero-order chi connectivity index (χ0) is 12.3. The van der Waals surface area contributed by atoms with E-state index in [9.17, 15) is 8.42 Å². The van der Waals surface area contributed by atoms with E-state index in [1.54, 1.807) is 18.2 Å². The Morgan fingerprint density at radius 1 is 1.06 bits per heavy atom. The average Bonchev–Trinajstić information content (AvgIpc) is 2.30. The van der Waals surface area contributed by atoms with Crippen molar-refractivity contribution in [2.45, 2.75) is 4.90 Å². The van der Waals surface area contributed by atoms with Crippen LogP contribution in [0, 0.1) is 0 Å². The molecule has 18 heavy (non-hydrogen) atoms. The van der Waals surface area contributed by atoms with E-state index in [0.717, 1.165) is 0 Å². The number of nitrogens with one attached hydrogen (secondary N) is 1. The molecule has 0 fully saturated rings. The number of hydrogen-bond donors (Lipinski definition) is 2. The van der Waals surface area contributed by atoms with Gasteiger partial charge >= 0.3 is 29.6 Å². The van der Waals surface area contributed by atoms with Gasteiger partial charge in [0.25, 0.3) is 10.0 Å². The number of rotatable bonds is 3. The zero-order valence-electron chi connectivity index (χ0n) is 9.87. The van der Waals surface area contributed by atoms with Gasteiger partial charge in [0.1, 0.15) is 5.82 Å². The number of hydrogen-bond acceptors (Lipinski definition) is 4. The third kappa shape index (κ3) is 3.71. The molecule has 0 aliphatic rings. The quantitative estimate of drug-likeness (QED) is 0.524. The van der Waals surface area contributed by atoms with Gasteiger partial charge in [-0.3, -0.25) is 4.72 Å². The fourth-order valence-corrected chi connectivity index (χ4v) is 2.28. The van der Waals surface area contributed by atoms with Crippen LogP contribution in [0.4, 0.5) is 11.5 Å². The van der Waals surface area contributed by atoms with Crippen molar-refractivity contribution in [1.29, 1.82) is 0 Å². The van der Waals surface area contributed by atoms with Crippen molar-refractivity contribution in [2.75, 3.05) is 10.5 Å². The number of anilines is 2. The molecule has 0 bridgehead atoms. The van der Waals surface area contributed by atoms with Gasteiger partial charge in [-0.25, -0.2) is 13.4 Å². The van der Waals surface area contributed by atoms with Gasteiger partial charge in [0.15, 0.2) is 0 Å². The molecule has 2 rings (SSSR count). The first kappa shape index (κ1) is 15.0.